The fourth-order valence-corrected chi connectivity index (χ4v) is 5.27. The Morgan fingerprint density at radius 2 is 1.57 bits per heavy atom. The minimum absolute atomic E-state index is 0.0572. The first kappa shape index (κ1) is 27.0. The number of ether oxygens (including phenoxy) is 1. The van der Waals surface area contributed by atoms with Gasteiger partial charge in [-0.1, -0.05) is 61.0 Å². The van der Waals surface area contributed by atoms with Crippen molar-refractivity contribution >= 4 is 41.1 Å². The fraction of sp³-hybridized carbons (Fsp3) is 0.194. The summed E-state index contributed by atoms with van der Waals surface area (Å²) in [6.45, 7) is 1.27. The zero-order valence-corrected chi connectivity index (χ0v) is 22.3. The van der Waals surface area contributed by atoms with Crippen molar-refractivity contribution in [3.05, 3.63) is 113 Å². The van der Waals surface area contributed by atoms with E-state index in [2.05, 4.69) is 0 Å². The summed E-state index contributed by atoms with van der Waals surface area (Å²) in [6.07, 6.45) is 4.12. The molecule has 202 valence electrons. The Balaban J connectivity index is 1.40. The van der Waals surface area contributed by atoms with E-state index in [1.807, 2.05) is 19.1 Å². The van der Waals surface area contributed by atoms with Crippen molar-refractivity contribution in [1.82, 2.24) is 10.0 Å². The largest absolute Gasteiger partial charge is 0.423 e. The predicted molar refractivity (Wildman–Crippen MR) is 146 cm³/mol. The molecular formula is C31H25ClN2O6. The Kier molecular flexibility index (Phi) is 7.62. The number of ketones is 1. The quantitative estimate of drug-likeness (QED) is 0.133. The molecule has 1 fully saturated rings. The number of amides is 3. The molecule has 3 aromatic carbocycles. The zero-order valence-electron chi connectivity index (χ0n) is 21.5. The number of benzene rings is 3. The van der Waals surface area contributed by atoms with Crippen molar-refractivity contribution in [2.75, 3.05) is 6.54 Å². The fourth-order valence-electron chi connectivity index (χ4n) is 5.05. The van der Waals surface area contributed by atoms with Gasteiger partial charge in [-0.05, 0) is 60.9 Å². The van der Waals surface area contributed by atoms with E-state index in [0.29, 0.717) is 12.0 Å². The molecule has 40 heavy (non-hydrogen) atoms. The summed E-state index contributed by atoms with van der Waals surface area (Å²) < 4.78 is 5.37. The third-order valence-corrected chi connectivity index (χ3v) is 7.45. The van der Waals surface area contributed by atoms with Gasteiger partial charge in [0.25, 0.3) is 17.7 Å². The monoisotopic (exact) mass is 556 g/mol. The number of esters is 1. The second kappa shape index (κ2) is 11.3. The van der Waals surface area contributed by atoms with Gasteiger partial charge in [0, 0.05) is 5.56 Å². The number of halogens is 1. The number of allylic oxidation sites excluding steroid dienone is 2. The molecule has 9 heteroatoms. The molecule has 3 amide bonds. The summed E-state index contributed by atoms with van der Waals surface area (Å²) in [6, 6.07) is 20.5. The van der Waals surface area contributed by atoms with Gasteiger partial charge in [0.05, 0.1) is 28.0 Å². The maximum atomic E-state index is 13.7. The van der Waals surface area contributed by atoms with Gasteiger partial charge in [-0.25, -0.2) is 9.80 Å². The van der Waals surface area contributed by atoms with Crippen LogP contribution < -0.4 is 4.74 Å². The van der Waals surface area contributed by atoms with Crippen LogP contribution in [0, 0.1) is 17.8 Å². The number of carbonyl (C=O) groups is 5. The lowest BCUT2D eigenvalue weighted by atomic mass is 9.78. The van der Waals surface area contributed by atoms with E-state index in [9.17, 15) is 24.0 Å². The van der Waals surface area contributed by atoms with Crippen LogP contribution in [0.1, 0.15) is 44.4 Å². The van der Waals surface area contributed by atoms with E-state index < -0.39 is 47.9 Å². The molecule has 3 atom stereocenters. The summed E-state index contributed by atoms with van der Waals surface area (Å²) >= 11 is 6.27. The first-order valence-electron chi connectivity index (χ1n) is 12.8. The van der Waals surface area contributed by atoms with Gasteiger partial charge in [0.15, 0.2) is 5.78 Å². The standard InChI is InChI=1S/C31H25ClN2O6/c1-19-8-7-12-24-27(19)30(38)34(29(24)37)33(28(36)23-11-5-6-13-25(23)32)18-26(35)20-14-16-22(17-15-20)40-31(39)21-9-3-2-4-10-21/h2-11,13-17,19,24,27H,12,18H2,1H3/t19-,24-,27-/m1/s1. The maximum Gasteiger partial charge on any atom is 0.343 e. The molecule has 0 aromatic heterocycles. The lowest BCUT2D eigenvalue weighted by molar-refractivity contribution is -0.154. The van der Waals surface area contributed by atoms with Crippen LogP contribution in [0.3, 0.4) is 0 Å². The number of fused-ring (bicyclic) bond motifs is 1. The molecule has 1 aliphatic heterocycles. The highest BCUT2D eigenvalue weighted by atomic mass is 35.5. The minimum Gasteiger partial charge on any atom is -0.423 e. The van der Waals surface area contributed by atoms with Crippen LogP contribution in [0.15, 0.2) is 91.0 Å². The molecule has 8 nitrogen and oxygen atoms in total. The van der Waals surface area contributed by atoms with Gasteiger partial charge >= 0.3 is 5.97 Å². The van der Waals surface area contributed by atoms with E-state index in [0.717, 1.165) is 10.0 Å². The van der Waals surface area contributed by atoms with Crippen LogP contribution >= 0.6 is 11.6 Å². The summed E-state index contributed by atoms with van der Waals surface area (Å²) in [5, 5.41) is 1.84. The van der Waals surface area contributed by atoms with Crippen LogP contribution in [0.25, 0.3) is 0 Å². The molecule has 1 aliphatic carbocycles. The van der Waals surface area contributed by atoms with Gasteiger partial charge in [0.1, 0.15) is 12.3 Å². The van der Waals surface area contributed by atoms with E-state index in [4.69, 9.17) is 16.3 Å². The second-order valence-corrected chi connectivity index (χ2v) is 10.1. The van der Waals surface area contributed by atoms with Crippen molar-refractivity contribution < 1.29 is 28.7 Å². The first-order chi connectivity index (χ1) is 19.3. The van der Waals surface area contributed by atoms with Crippen LogP contribution in [-0.4, -0.2) is 46.0 Å². The molecular weight excluding hydrogens is 532 g/mol. The molecule has 0 unspecified atom stereocenters. The molecule has 0 N–H and O–H groups in total. The number of rotatable bonds is 7. The van der Waals surface area contributed by atoms with Crippen LogP contribution in [0.5, 0.6) is 5.75 Å². The van der Waals surface area contributed by atoms with Crippen LogP contribution in [0.4, 0.5) is 0 Å². The van der Waals surface area contributed by atoms with Crippen LogP contribution in [-0.2, 0) is 9.59 Å². The third kappa shape index (κ3) is 5.18. The topological polar surface area (TPSA) is 101 Å². The maximum absolute atomic E-state index is 13.7. The van der Waals surface area contributed by atoms with E-state index in [-0.39, 0.29) is 27.8 Å². The van der Waals surface area contributed by atoms with Crippen molar-refractivity contribution in [3.63, 3.8) is 0 Å². The van der Waals surface area contributed by atoms with Crippen molar-refractivity contribution in [1.29, 1.82) is 0 Å². The van der Waals surface area contributed by atoms with Crippen molar-refractivity contribution in [3.8, 4) is 5.75 Å². The smallest absolute Gasteiger partial charge is 0.343 e. The molecule has 0 spiro atoms. The SMILES string of the molecule is C[C@@H]1C=CC[C@H]2C(=O)N(N(CC(=O)c3ccc(OC(=O)c4ccccc4)cc3)C(=O)c3ccccc3Cl)C(=O)[C@H]12. The number of imide groups is 1. The number of nitrogens with zero attached hydrogens (tertiary/aromatic N) is 2. The molecule has 0 radical (unpaired) electrons. The lowest BCUT2D eigenvalue weighted by Gasteiger charge is -2.30. The molecule has 3 aromatic rings. The van der Waals surface area contributed by atoms with Gasteiger partial charge in [0.2, 0.25) is 0 Å². The molecule has 1 heterocycles. The minimum atomic E-state index is -0.742. The highest BCUT2D eigenvalue weighted by molar-refractivity contribution is 6.34. The van der Waals surface area contributed by atoms with Gasteiger partial charge in [-0.15, -0.1) is 0 Å². The third-order valence-electron chi connectivity index (χ3n) is 7.12. The summed E-state index contributed by atoms with van der Waals surface area (Å²) in [4.78, 5) is 66.3. The van der Waals surface area contributed by atoms with Gasteiger partial charge < -0.3 is 4.74 Å². The average Bonchev–Trinajstić information content (AvgIpc) is 3.22. The highest BCUT2D eigenvalue weighted by Gasteiger charge is 2.53. The Labute approximate surface area is 235 Å². The van der Waals surface area contributed by atoms with E-state index >= 15 is 0 Å². The Hall–Kier alpha value is -4.56. The molecule has 1 saturated heterocycles. The number of hydrogen-bond acceptors (Lipinski definition) is 6. The number of hydrazine groups is 1. The summed E-state index contributed by atoms with van der Waals surface area (Å²) in [7, 11) is 0. The second-order valence-electron chi connectivity index (χ2n) is 9.69. The van der Waals surface area contributed by atoms with E-state index in [1.165, 1.54) is 36.4 Å². The molecule has 5 rings (SSSR count). The molecule has 2 aliphatic rings. The Morgan fingerprint density at radius 1 is 0.900 bits per heavy atom. The van der Waals surface area contributed by atoms with Gasteiger partial charge in [-0.2, -0.15) is 5.01 Å². The van der Waals surface area contributed by atoms with Crippen LogP contribution in [0.2, 0.25) is 5.02 Å². The number of Topliss-reactive ketones (excluding diaryl/α,β-unsaturated/α-hetero) is 1. The molecule has 0 bridgehead atoms. The highest BCUT2D eigenvalue weighted by Crippen LogP contribution is 2.39. The Bertz CT molecular complexity index is 1520. The number of carbonyl (C=O) groups excluding carboxylic acids is 5. The first-order valence-corrected chi connectivity index (χ1v) is 13.2. The summed E-state index contributed by atoms with van der Waals surface area (Å²) in [5.41, 5.74) is 0.631. The van der Waals surface area contributed by atoms with E-state index in [1.54, 1.807) is 42.5 Å². The molecule has 0 saturated carbocycles. The normalized spacial score (nSPS) is 19.8. The Morgan fingerprint density at radius 3 is 2.25 bits per heavy atom. The number of hydrogen-bond donors (Lipinski definition) is 0. The predicted octanol–water partition coefficient (Wildman–Crippen LogP) is 5.00. The van der Waals surface area contributed by atoms with Gasteiger partial charge in [-0.3, -0.25) is 19.2 Å². The zero-order chi connectivity index (χ0) is 28.4. The lowest BCUT2D eigenvalue weighted by Crippen LogP contribution is -2.52. The van der Waals surface area contributed by atoms with Crippen molar-refractivity contribution in [2.45, 2.75) is 13.3 Å². The summed E-state index contributed by atoms with van der Waals surface area (Å²) in [5.74, 6) is -4.06. The average molecular weight is 557 g/mol. The van der Waals surface area contributed by atoms with Crippen molar-refractivity contribution in [2.24, 2.45) is 17.8 Å².